The van der Waals surface area contributed by atoms with Crippen molar-refractivity contribution in [3.63, 3.8) is 0 Å². The van der Waals surface area contributed by atoms with Crippen LogP contribution in [0.5, 0.6) is 0 Å². The summed E-state index contributed by atoms with van der Waals surface area (Å²) in [6.45, 7) is 1.75. The van der Waals surface area contributed by atoms with Gasteiger partial charge in [-0.3, -0.25) is 9.59 Å². The van der Waals surface area contributed by atoms with Gasteiger partial charge in [0.1, 0.15) is 0 Å². The maximum absolute atomic E-state index is 12.0. The molecule has 0 saturated carbocycles. The summed E-state index contributed by atoms with van der Waals surface area (Å²) >= 11 is 10.1. The molecule has 0 atom stereocenters. The predicted octanol–water partition coefficient (Wildman–Crippen LogP) is 3.86. The van der Waals surface area contributed by atoms with Gasteiger partial charge in [-0.2, -0.15) is 0 Å². The van der Waals surface area contributed by atoms with Crippen molar-refractivity contribution in [3.05, 3.63) is 45.4 Å². The molecule has 0 fully saturated rings. The molecule has 0 spiro atoms. The molecule has 0 aliphatic carbocycles. The van der Waals surface area contributed by atoms with Crippen LogP contribution in [0.2, 0.25) is 5.02 Å². The number of nitrogens with one attached hydrogen (secondary N) is 1. The van der Waals surface area contributed by atoms with E-state index in [-0.39, 0.29) is 23.4 Å². The molecule has 1 aromatic heterocycles. The molecule has 4 nitrogen and oxygen atoms in total. The number of benzene rings is 1. The predicted molar refractivity (Wildman–Crippen MR) is 88.8 cm³/mol. The molecular weight excluding hydrogens is 376 g/mol. The monoisotopic (exact) mass is 386 g/mol. The molecule has 0 saturated heterocycles. The smallest absolute Gasteiger partial charge is 0.230 e. The van der Waals surface area contributed by atoms with Crippen LogP contribution >= 0.6 is 38.9 Å². The van der Waals surface area contributed by atoms with E-state index < -0.39 is 0 Å². The number of thiazole rings is 1. The van der Waals surface area contributed by atoms with Crippen LogP contribution in [-0.4, -0.2) is 22.0 Å². The number of hydrogen-bond acceptors (Lipinski definition) is 4. The number of ketones is 1. The van der Waals surface area contributed by atoms with Gasteiger partial charge >= 0.3 is 0 Å². The van der Waals surface area contributed by atoms with Crippen LogP contribution in [0.15, 0.2) is 24.3 Å². The number of carbonyl (C=O) groups is 2. The van der Waals surface area contributed by atoms with E-state index in [1.807, 2.05) is 0 Å². The number of aryl methyl sites for hydroxylation is 1. The summed E-state index contributed by atoms with van der Waals surface area (Å²) in [4.78, 5) is 28.4. The SMILES string of the molecule is Cc1nc(NC(=O)Cc2ccc(Cl)cc2)sc1C(=O)CBr. The average molecular weight is 388 g/mol. The molecule has 2 aromatic rings. The Balaban J connectivity index is 2.03. The molecule has 0 unspecified atom stereocenters. The van der Waals surface area contributed by atoms with Crippen molar-refractivity contribution in [2.75, 3.05) is 10.6 Å². The van der Waals surface area contributed by atoms with E-state index in [1.54, 1.807) is 31.2 Å². The van der Waals surface area contributed by atoms with Gasteiger partial charge in [0.15, 0.2) is 10.9 Å². The van der Waals surface area contributed by atoms with E-state index >= 15 is 0 Å². The molecule has 110 valence electrons. The second-order valence-electron chi connectivity index (χ2n) is 4.34. The van der Waals surface area contributed by atoms with Gasteiger partial charge in [-0.05, 0) is 24.6 Å². The zero-order chi connectivity index (χ0) is 15.4. The third-order valence-electron chi connectivity index (χ3n) is 2.70. The van der Waals surface area contributed by atoms with Gasteiger partial charge in [-0.15, -0.1) is 0 Å². The van der Waals surface area contributed by atoms with E-state index in [0.29, 0.717) is 20.7 Å². The quantitative estimate of drug-likeness (QED) is 0.626. The van der Waals surface area contributed by atoms with Gasteiger partial charge in [0, 0.05) is 5.02 Å². The number of Topliss-reactive ketones (excluding diaryl/α,β-unsaturated/α-hetero) is 1. The minimum Gasteiger partial charge on any atom is -0.302 e. The fourth-order valence-corrected chi connectivity index (χ4v) is 3.23. The van der Waals surface area contributed by atoms with Crippen molar-refractivity contribution < 1.29 is 9.59 Å². The molecular formula is C14H12BrClN2O2S. The maximum Gasteiger partial charge on any atom is 0.230 e. The van der Waals surface area contributed by atoms with Crippen molar-refractivity contribution >= 4 is 55.7 Å². The Bertz CT molecular complexity index is 670. The average Bonchev–Trinajstić information content (AvgIpc) is 2.81. The van der Waals surface area contributed by atoms with E-state index in [0.717, 1.165) is 5.56 Å². The minimum atomic E-state index is -0.177. The zero-order valence-electron chi connectivity index (χ0n) is 11.2. The van der Waals surface area contributed by atoms with E-state index in [9.17, 15) is 9.59 Å². The summed E-state index contributed by atoms with van der Waals surface area (Å²) in [6, 6.07) is 7.08. The number of alkyl halides is 1. The Morgan fingerprint density at radius 3 is 2.62 bits per heavy atom. The number of carbonyl (C=O) groups excluding carboxylic acids is 2. The van der Waals surface area contributed by atoms with Gasteiger partial charge in [0.25, 0.3) is 0 Å². The van der Waals surface area contributed by atoms with Crippen LogP contribution in [0.1, 0.15) is 20.9 Å². The molecule has 0 bridgehead atoms. The Morgan fingerprint density at radius 2 is 2.00 bits per heavy atom. The summed E-state index contributed by atoms with van der Waals surface area (Å²) < 4.78 is 0. The molecule has 1 N–H and O–H groups in total. The second kappa shape index (κ2) is 7.15. The Kier molecular flexibility index (Phi) is 5.50. The number of halogens is 2. The molecule has 0 radical (unpaired) electrons. The van der Waals surface area contributed by atoms with Crippen molar-refractivity contribution in [2.45, 2.75) is 13.3 Å². The Labute approximate surface area is 139 Å². The standard InChI is InChI=1S/C14H12BrClN2O2S/c1-8-13(11(19)7-15)21-14(17-8)18-12(20)6-9-2-4-10(16)5-3-9/h2-5H,6-7H2,1H3,(H,17,18,20). The van der Waals surface area contributed by atoms with Crippen LogP contribution in [0.25, 0.3) is 0 Å². The number of aromatic nitrogens is 1. The largest absolute Gasteiger partial charge is 0.302 e. The third kappa shape index (κ3) is 4.36. The van der Waals surface area contributed by atoms with E-state index in [2.05, 4.69) is 26.2 Å². The number of amides is 1. The summed E-state index contributed by atoms with van der Waals surface area (Å²) in [6.07, 6.45) is 0.234. The molecule has 1 aromatic carbocycles. The number of anilines is 1. The molecule has 0 aliphatic rings. The molecule has 2 rings (SSSR count). The van der Waals surface area contributed by atoms with Crippen molar-refractivity contribution in [1.82, 2.24) is 4.98 Å². The highest BCUT2D eigenvalue weighted by Crippen LogP contribution is 2.23. The van der Waals surface area contributed by atoms with Gasteiger partial charge in [-0.1, -0.05) is 51.0 Å². The van der Waals surface area contributed by atoms with Gasteiger partial charge < -0.3 is 5.32 Å². The summed E-state index contributed by atoms with van der Waals surface area (Å²) in [5, 5.41) is 4.03. The molecule has 21 heavy (non-hydrogen) atoms. The van der Waals surface area contributed by atoms with Gasteiger partial charge in [-0.25, -0.2) is 4.98 Å². The van der Waals surface area contributed by atoms with Crippen molar-refractivity contribution in [1.29, 1.82) is 0 Å². The Hall–Kier alpha value is -1.24. The van der Waals surface area contributed by atoms with E-state index in [1.165, 1.54) is 11.3 Å². The maximum atomic E-state index is 12.0. The first-order valence-electron chi connectivity index (χ1n) is 6.10. The first-order chi connectivity index (χ1) is 9.99. The number of nitrogens with zero attached hydrogens (tertiary/aromatic N) is 1. The topological polar surface area (TPSA) is 59.1 Å². The first-order valence-corrected chi connectivity index (χ1v) is 8.42. The fourth-order valence-electron chi connectivity index (χ4n) is 1.72. The normalized spacial score (nSPS) is 10.4. The highest BCUT2D eigenvalue weighted by Gasteiger charge is 2.15. The summed E-state index contributed by atoms with van der Waals surface area (Å²) in [5.41, 5.74) is 1.49. The third-order valence-corrected chi connectivity index (χ3v) is 4.57. The lowest BCUT2D eigenvalue weighted by molar-refractivity contribution is -0.115. The highest BCUT2D eigenvalue weighted by molar-refractivity contribution is 9.09. The fraction of sp³-hybridized carbons (Fsp3) is 0.214. The van der Waals surface area contributed by atoms with Gasteiger partial charge in [0.2, 0.25) is 5.91 Å². The lowest BCUT2D eigenvalue weighted by Gasteiger charge is -2.02. The number of rotatable bonds is 5. The molecule has 7 heteroatoms. The molecule has 0 aliphatic heterocycles. The Morgan fingerprint density at radius 1 is 1.33 bits per heavy atom. The lowest BCUT2D eigenvalue weighted by atomic mass is 10.1. The molecule has 1 heterocycles. The first kappa shape index (κ1) is 16.1. The molecule has 1 amide bonds. The van der Waals surface area contributed by atoms with Crippen LogP contribution in [-0.2, 0) is 11.2 Å². The zero-order valence-corrected chi connectivity index (χ0v) is 14.3. The highest BCUT2D eigenvalue weighted by atomic mass is 79.9. The van der Waals surface area contributed by atoms with Crippen LogP contribution < -0.4 is 5.32 Å². The summed E-state index contributed by atoms with van der Waals surface area (Å²) in [5.74, 6) is -0.216. The van der Waals surface area contributed by atoms with Crippen molar-refractivity contribution in [2.24, 2.45) is 0 Å². The van der Waals surface area contributed by atoms with Crippen LogP contribution in [0, 0.1) is 6.92 Å². The minimum absolute atomic E-state index is 0.0387. The number of hydrogen-bond donors (Lipinski definition) is 1. The van der Waals surface area contributed by atoms with Crippen LogP contribution in [0.3, 0.4) is 0 Å². The van der Waals surface area contributed by atoms with Crippen LogP contribution in [0.4, 0.5) is 5.13 Å². The van der Waals surface area contributed by atoms with Gasteiger partial charge in [0.05, 0.1) is 22.3 Å². The second-order valence-corrected chi connectivity index (χ2v) is 6.34. The van der Waals surface area contributed by atoms with Crippen molar-refractivity contribution in [3.8, 4) is 0 Å². The lowest BCUT2D eigenvalue weighted by Crippen LogP contribution is -2.14. The van der Waals surface area contributed by atoms with E-state index in [4.69, 9.17) is 11.6 Å². The summed E-state index contributed by atoms with van der Waals surface area (Å²) in [7, 11) is 0.